The largest absolute Gasteiger partial charge is 0.459 e. The Kier molecular flexibility index (Phi) is 5.31. The molecule has 3 N–H and O–H groups in total. The third kappa shape index (κ3) is 4.07. The molecule has 0 radical (unpaired) electrons. The van der Waals surface area contributed by atoms with Gasteiger partial charge in [0.15, 0.2) is 5.16 Å². The number of hydrogen-bond donors (Lipinski definition) is 2. The molecule has 10 heteroatoms. The van der Waals surface area contributed by atoms with Crippen LogP contribution in [-0.4, -0.2) is 29.6 Å². The third-order valence-corrected chi connectivity index (χ3v) is 6.66. The van der Waals surface area contributed by atoms with Gasteiger partial charge in [0, 0.05) is 12.4 Å². The standard InChI is InChI=1S/C20H20N4O4S2/c1-12(18-9-13-5-3-4-6-17(13)28-18)22-19(25)11-29-20-23-15-10-14(30(21,26)27)7-8-16(15)24(20)2/h3-10,12H,11H2,1-2H3,(H,22,25)(H2,21,26,27)/t12-/m0/s1. The van der Waals surface area contributed by atoms with E-state index in [0.717, 1.165) is 16.5 Å². The molecule has 2 heterocycles. The van der Waals surface area contributed by atoms with Crippen LogP contribution in [0.25, 0.3) is 22.0 Å². The molecule has 8 nitrogen and oxygen atoms in total. The highest BCUT2D eigenvalue weighted by Gasteiger charge is 2.17. The predicted molar refractivity (Wildman–Crippen MR) is 116 cm³/mol. The predicted octanol–water partition coefficient (Wildman–Crippen LogP) is 2.94. The van der Waals surface area contributed by atoms with Crippen LogP contribution in [0.1, 0.15) is 18.7 Å². The monoisotopic (exact) mass is 444 g/mol. The fourth-order valence-electron chi connectivity index (χ4n) is 3.16. The number of rotatable bonds is 6. The summed E-state index contributed by atoms with van der Waals surface area (Å²) in [5, 5.41) is 9.69. The maximum Gasteiger partial charge on any atom is 0.238 e. The maximum absolute atomic E-state index is 12.4. The number of furan rings is 1. The Balaban J connectivity index is 1.44. The second-order valence-corrected chi connectivity index (χ2v) is 9.42. The van der Waals surface area contributed by atoms with Crippen molar-refractivity contribution >= 4 is 49.7 Å². The lowest BCUT2D eigenvalue weighted by Gasteiger charge is -2.11. The zero-order valence-electron chi connectivity index (χ0n) is 16.3. The third-order valence-electron chi connectivity index (χ3n) is 4.72. The number of nitrogens with one attached hydrogen (secondary N) is 1. The summed E-state index contributed by atoms with van der Waals surface area (Å²) in [7, 11) is -1.99. The highest BCUT2D eigenvalue weighted by Crippen LogP contribution is 2.26. The van der Waals surface area contributed by atoms with Gasteiger partial charge in [-0.15, -0.1) is 0 Å². The summed E-state index contributed by atoms with van der Waals surface area (Å²) in [4.78, 5) is 16.9. The molecular weight excluding hydrogens is 424 g/mol. The molecule has 2 aromatic carbocycles. The molecule has 4 rings (SSSR count). The topological polar surface area (TPSA) is 120 Å². The lowest BCUT2D eigenvalue weighted by molar-refractivity contribution is -0.119. The molecule has 4 aromatic rings. The number of carbonyl (C=O) groups excluding carboxylic acids is 1. The number of hydrogen-bond acceptors (Lipinski definition) is 6. The summed E-state index contributed by atoms with van der Waals surface area (Å²) >= 11 is 1.26. The number of sulfonamides is 1. The Morgan fingerprint density at radius 2 is 2.03 bits per heavy atom. The second kappa shape index (κ2) is 7.78. The summed E-state index contributed by atoms with van der Waals surface area (Å²) in [6.45, 7) is 1.87. The van der Waals surface area contributed by atoms with Gasteiger partial charge in [-0.3, -0.25) is 4.79 Å². The number of nitrogens with two attached hydrogens (primary N) is 1. The summed E-state index contributed by atoms with van der Waals surface area (Å²) in [5.41, 5.74) is 2.03. The Hall–Kier alpha value is -2.82. The fraction of sp³-hybridized carbons (Fsp3) is 0.200. The van der Waals surface area contributed by atoms with E-state index in [9.17, 15) is 13.2 Å². The number of carbonyl (C=O) groups is 1. The molecule has 1 atom stereocenters. The smallest absolute Gasteiger partial charge is 0.238 e. The Bertz CT molecular complexity index is 1320. The molecule has 0 saturated heterocycles. The van der Waals surface area contributed by atoms with Crippen LogP contribution < -0.4 is 10.5 Å². The average molecular weight is 445 g/mol. The lowest BCUT2D eigenvalue weighted by atomic mass is 10.2. The van der Waals surface area contributed by atoms with Crippen LogP contribution in [0.2, 0.25) is 0 Å². The minimum Gasteiger partial charge on any atom is -0.459 e. The van der Waals surface area contributed by atoms with E-state index in [1.54, 1.807) is 6.07 Å². The summed E-state index contributed by atoms with van der Waals surface area (Å²) < 4.78 is 30.7. The van der Waals surface area contributed by atoms with Crippen molar-refractivity contribution in [2.75, 3.05) is 5.75 Å². The highest BCUT2D eigenvalue weighted by molar-refractivity contribution is 7.99. The van der Waals surface area contributed by atoms with Crippen molar-refractivity contribution in [3.8, 4) is 0 Å². The van der Waals surface area contributed by atoms with E-state index >= 15 is 0 Å². The number of nitrogens with zero attached hydrogens (tertiary/aromatic N) is 2. The summed E-state index contributed by atoms with van der Waals surface area (Å²) in [6.07, 6.45) is 0. The summed E-state index contributed by atoms with van der Waals surface area (Å²) in [5.74, 6) is 0.682. The van der Waals surface area contributed by atoms with Gasteiger partial charge in [-0.25, -0.2) is 18.5 Å². The first kappa shape index (κ1) is 20.5. The molecule has 0 bridgehead atoms. The van der Waals surface area contributed by atoms with Crippen molar-refractivity contribution < 1.29 is 17.6 Å². The van der Waals surface area contributed by atoms with E-state index in [1.807, 2.05) is 48.9 Å². The van der Waals surface area contributed by atoms with Crippen molar-refractivity contribution in [3.63, 3.8) is 0 Å². The van der Waals surface area contributed by atoms with E-state index < -0.39 is 10.0 Å². The maximum atomic E-state index is 12.4. The minimum atomic E-state index is -3.80. The van der Waals surface area contributed by atoms with Crippen LogP contribution in [0.15, 0.2) is 63.0 Å². The number of para-hydroxylation sites is 1. The van der Waals surface area contributed by atoms with E-state index in [4.69, 9.17) is 9.56 Å². The summed E-state index contributed by atoms with van der Waals surface area (Å²) in [6, 6.07) is 13.8. The number of aromatic nitrogens is 2. The quantitative estimate of drug-likeness (QED) is 0.441. The SMILES string of the molecule is C[C@H](NC(=O)CSc1nc2cc(S(N)(=O)=O)ccc2n1C)c1cc2ccccc2o1. The van der Waals surface area contributed by atoms with Gasteiger partial charge in [-0.2, -0.15) is 0 Å². The number of imidazole rings is 1. The van der Waals surface area contributed by atoms with Crippen LogP contribution in [0.3, 0.4) is 0 Å². The number of benzene rings is 2. The van der Waals surface area contributed by atoms with Crippen LogP contribution in [0.5, 0.6) is 0 Å². The van der Waals surface area contributed by atoms with Crippen molar-refractivity contribution in [3.05, 3.63) is 54.3 Å². The zero-order chi connectivity index (χ0) is 21.5. The minimum absolute atomic E-state index is 0.00190. The fourth-order valence-corrected chi connectivity index (χ4v) is 4.50. The molecule has 2 aromatic heterocycles. The van der Waals surface area contributed by atoms with Crippen LogP contribution >= 0.6 is 11.8 Å². The first-order valence-electron chi connectivity index (χ1n) is 9.12. The van der Waals surface area contributed by atoms with Crippen LogP contribution in [0, 0.1) is 0 Å². The van der Waals surface area contributed by atoms with Gasteiger partial charge in [0.1, 0.15) is 11.3 Å². The van der Waals surface area contributed by atoms with Gasteiger partial charge in [0.25, 0.3) is 0 Å². The highest BCUT2D eigenvalue weighted by atomic mass is 32.2. The van der Waals surface area contributed by atoms with Crippen molar-refractivity contribution in [2.45, 2.75) is 23.0 Å². The molecule has 0 saturated carbocycles. The first-order valence-corrected chi connectivity index (χ1v) is 11.7. The number of thioether (sulfide) groups is 1. The molecule has 0 aliphatic rings. The number of primary sulfonamides is 1. The number of amides is 1. The van der Waals surface area contributed by atoms with E-state index in [1.165, 1.54) is 23.9 Å². The first-order chi connectivity index (χ1) is 14.2. The second-order valence-electron chi connectivity index (χ2n) is 6.91. The molecular formula is C20H20N4O4S2. The molecule has 156 valence electrons. The van der Waals surface area contributed by atoms with E-state index in [-0.39, 0.29) is 22.6 Å². The van der Waals surface area contributed by atoms with Crippen LogP contribution in [0.4, 0.5) is 0 Å². The lowest BCUT2D eigenvalue weighted by Crippen LogP contribution is -2.28. The van der Waals surface area contributed by atoms with Gasteiger partial charge in [0.05, 0.1) is 27.7 Å². The molecule has 1 amide bonds. The number of fused-ring (bicyclic) bond motifs is 2. The van der Waals surface area contributed by atoms with Gasteiger partial charge >= 0.3 is 0 Å². The van der Waals surface area contributed by atoms with Crippen molar-refractivity contribution in [2.24, 2.45) is 12.2 Å². The molecule has 30 heavy (non-hydrogen) atoms. The Morgan fingerprint density at radius 1 is 1.27 bits per heavy atom. The van der Waals surface area contributed by atoms with Gasteiger partial charge in [-0.05, 0) is 37.3 Å². The molecule has 0 unspecified atom stereocenters. The normalized spacial score (nSPS) is 13.0. The molecule has 0 fully saturated rings. The molecule has 0 spiro atoms. The van der Waals surface area contributed by atoms with Gasteiger partial charge in [-0.1, -0.05) is 30.0 Å². The van der Waals surface area contributed by atoms with Crippen molar-refractivity contribution in [1.29, 1.82) is 0 Å². The Morgan fingerprint density at radius 3 is 2.77 bits per heavy atom. The van der Waals surface area contributed by atoms with E-state index in [2.05, 4.69) is 10.3 Å². The molecule has 0 aliphatic carbocycles. The van der Waals surface area contributed by atoms with Crippen molar-refractivity contribution in [1.82, 2.24) is 14.9 Å². The molecule has 0 aliphatic heterocycles. The zero-order valence-corrected chi connectivity index (χ0v) is 18.0. The van der Waals surface area contributed by atoms with Gasteiger partial charge in [0.2, 0.25) is 15.9 Å². The average Bonchev–Trinajstić information content (AvgIpc) is 3.27. The van der Waals surface area contributed by atoms with E-state index in [0.29, 0.717) is 16.4 Å². The Labute approximate surface area is 177 Å². The van der Waals surface area contributed by atoms with Gasteiger partial charge < -0.3 is 14.3 Å². The number of aryl methyl sites for hydroxylation is 1. The van der Waals surface area contributed by atoms with Crippen LogP contribution in [-0.2, 0) is 21.9 Å².